The van der Waals surface area contributed by atoms with Crippen LogP contribution in [0.25, 0.3) is 11.3 Å². The van der Waals surface area contributed by atoms with Crippen molar-refractivity contribution in [2.75, 3.05) is 12.3 Å². The van der Waals surface area contributed by atoms with Crippen LogP contribution >= 0.6 is 0 Å². The Labute approximate surface area is 163 Å². The van der Waals surface area contributed by atoms with E-state index in [-0.39, 0.29) is 5.91 Å². The van der Waals surface area contributed by atoms with Gasteiger partial charge in [-0.15, -0.1) is 0 Å². The molecule has 142 valence electrons. The zero-order chi connectivity index (χ0) is 19.5. The van der Waals surface area contributed by atoms with Gasteiger partial charge in [-0.2, -0.15) is 0 Å². The Balaban J connectivity index is 1.41. The number of benzene rings is 1. The highest BCUT2D eigenvalue weighted by Gasteiger charge is 2.17. The molecule has 1 aliphatic rings. The summed E-state index contributed by atoms with van der Waals surface area (Å²) in [5.74, 6) is 0.996. The van der Waals surface area contributed by atoms with Crippen molar-refractivity contribution in [2.45, 2.75) is 32.6 Å². The Morgan fingerprint density at radius 1 is 1.18 bits per heavy atom. The summed E-state index contributed by atoms with van der Waals surface area (Å²) in [6.45, 7) is 2.53. The third-order valence-corrected chi connectivity index (χ3v) is 4.89. The van der Waals surface area contributed by atoms with Gasteiger partial charge in [-0.1, -0.05) is 12.1 Å². The van der Waals surface area contributed by atoms with Crippen LogP contribution in [0.3, 0.4) is 0 Å². The summed E-state index contributed by atoms with van der Waals surface area (Å²) in [5, 5.41) is 2.95. The largest absolute Gasteiger partial charge is 0.382 e. The molecule has 0 spiro atoms. The molecule has 28 heavy (non-hydrogen) atoms. The highest BCUT2D eigenvalue weighted by atomic mass is 16.1. The summed E-state index contributed by atoms with van der Waals surface area (Å²) in [6.07, 6.45) is 6.98. The number of nitrogen functional groups attached to an aromatic ring is 1. The smallest absolute Gasteiger partial charge is 0.251 e. The third-order valence-electron chi connectivity index (χ3n) is 4.89. The lowest BCUT2D eigenvalue weighted by molar-refractivity contribution is 0.0954. The number of aromatic nitrogens is 4. The predicted octanol–water partition coefficient (Wildman–Crippen LogP) is 2.29. The van der Waals surface area contributed by atoms with Gasteiger partial charge in [0.25, 0.3) is 5.91 Å². The average Bonchev–Trinajstić information content (AvgIpc) is 3.17. The van der Waals surface area contributed by atoms with Crippen molar-refractivity contribution in [1.82, 2.24) is 25.3 Å². The minimum atomic E-state index is -0.142. The lowest BCUT2D eigenvalue weighted by Crippen LogP contribution is -2.26. The van der Waals surface area contributed by atoms with Gasteiger partial charge in [0, 0.05) is 35.5 Å². The van der Waals surface area contributed by atoms with Crippen molar-refractivity contribution in [2.24, 2.45) is 0 Å². The molecule has 1 amide bonds. The van der Waals surface area contributed by atoms with Gasteiger partial charge in [0.15, 0.2) is 0 Å². The molecular weight excluding hydrogens is 352 g/mol. The predicted molar refractivity (Wildman–Crippen MR) is 107 cm³/mol. The minimum absolute atomic E-state index is 0.142. The molecule has 7 heteroatoms. The van der Waals surface area contributed by atoms with Crippen molar-refractivity contribution < 1.29 is 4.79 Å². The van der Waals surface area contributed by atoms with Crippen LogP contribution < -0.4 is 11.1 Å². The Hall–Kier alpha value is -3.35. The van der Waals surface area contributed by atoms with Crippen LogP contribution in [0.15, 0.2) is 36.7 Å². The Bertz CT molecular complexity index is 1030. The summed E-state index contributed by atoms with van der Waals surface area (Å²) in [5.41, 5.74) is 11.2. The maximum Gasteiger partial charge on any atom is 0.251 e. The second-order valence-corrected chi connectivity index (χ2v) is 6.92. The van der Waals surface area contributed by atoms with E-state index >= 15 is 0 Å². The van der Waals surface area contributed by atoms with Crippen LogP contribution in [0, 0.1) is 6.92 Å². The molecule has 1 aromatic carbocycles. The van der Waals surface area contributed by atoms with E-state index in [1.807, 2.05) is 19.1 Å². The first-order chi connectivity index (χ1) is 13.6. The number of rotatable bonds is 5. The Morgan fingerprint density at radius 2 is 2.07 bits per heavy atom. The number of amides is 1. The fourth-order valence-electron chi connectivity index (χ4n) is 3.52. The number of nitrogens with one attached hydrogen (secondary N) is 1. The molecule has 4 rings (SSSR count). The van der Waals surface area contributed by atoms with Crippen LogP contribution in [-0.2, 0) is 19.3 Å². The normalized spacial score (nSPS) is 12.6. The Kier molecular flexibility index (Phi) is 4.97. The number of nitrogens with zero attached hydrogens (tertiary/aromatic N) is 4. The van der Waals surface area contributed by atoms with E-state index in [1.165, 1.54) is 17.5 Å². The zero-order valence-electron chi connectivity index (χ0n) is 15.8. The fraction of sp³-hybridized carbons (Fsp3) is 0.286. The Morgan fingerprint density at radius 3 is 2.93 bits per heavy atom. The van der Waals surface area contributed by atoms with Gasteiger partial charge in [0.2, 0.25) is 0 Å². The number of anilines is 1. The molecule has 7 nitrogen and oxygen atoms in total. The maximum atomic E-state index is 12.5. The van der Waals surface area contributed by atoms with E-state index in [4.69, 9.17) is 5.73 Å². The standard InChI is InChI=1S/C21H22N6O/c1-13-16-6-3-7-17(16)27-20(25-13)8-9-24-21(28)15-5-2-4-14(10-15)18-11-23-12-19(22)26-18/h2,4-5,10-12H,3,6-9H2,1H3,(H2,22,26)(H,24,28). The fourth-order valence-corrected chi connectivity index (χ4v) is 3.52. The number of hydrogen-bond acceptors (Lipinski definition) is 6. The summed E-state index contributed by atoms with van der Waals surface area (Å²) in [6, 6.07) is 7.26. The van der Waals surface area contributed by atoms with Crippen molar-refractivity contribution in [3.63, 3.8) is 0 Å². The molecule has 1 aliphatic carbocycles. The number of nitrogens with two attached hydrogens (primary N) is 1. The zero-order valence-corrected chi connectivity index (χ0v) is 15.8. The van der Waals surface area contributed by atoms with Gasteiger partial charge in [0.05, 0.1) is 18.1 Å². The molecule has 0 aliphatic heterocycles. The third kappa shape index (κ3) is 3.83. The van der Waals surface area contributed by atoms with E-state index in [0.29, 0.717) is 30.0 Å². The van der Waals surface area contributed by atoms with Crippen LogP contribution in [0.4, 0.5) is 5.82 Å². The molecule has 0 saturated heterocycles. The molecule has 3 N–H and O–H groups in total. The topological polar surface area (TPSA) is 107 Å². The van der Waals surface area contributed by atoms with Gasteiger partial charge < -0.3 is 11.1 Å². The van der Waals surface area contributed by atoms with Crippen LogP contribution in [0.5, 0.6) is 0 Å². The molecule has 0 atom stereocenters. The molecule has 3 aromatic rings. The lowest BCUT2D eigenvalue weighted by atomic mass is 10.1. The van der Waals surface area contributed by atoms with Crippen molar-refractivity contribution >= 4 is 11.7 Å². The van der Waals surface area contributed by atoms with E-state index in [0.717, 1.165) is 36.3 Å². The first-order valence-electron chi connectivity index (χ1n) is 9.41. The highest BCUT2D eigenvalue weighted by Crippen LogP contribution is 2.22. The van der Waals surface area contributed by atoms with Crippen LogP contribution in [0.2, 0.25) is 0 Å². The van der Waals surface area contributed by atoms with E-state index in [1.54, 1.807) is 18.3 Å². The first-order valence-corrected chi connectivity index (χ1v) is 9.41. The maximum absolute atomic E-state index is 12.5. The van der Waals surface area contributed by atoms with Gasteiger partial charge in [-0.3, -0.25) is 9.78 Å². The minimum Gasteiger partial charge on any atom is -0.382 e. The van der Waals surface area contributed by atoms with Gasteiger partial charge in [-0.25, -0.2) is 15.0 Å². The van der Waals surface area contributed by atoms with E-state index in [9.17, 15) is 4.79 Å². The van der Waals surface area contributed by atoms with Crippen LogP contribution in [-0.4, -0.2) is 32.4 Å². The second kappa shape index (κ2) is 7.72. The summed E-state index contributed by atoms with van der Waals surface area (Å²) >= 11 is 0. The quantitative estimate of drug-likeness (QED) is 0.710. The molecule has 2 heterocycles. The second-order valence-electron chi connectivity index (χ2n) is 6.92. The number of hydrogen-bond donors (Lipinski definition) is 2. The first kappa shape index (κ1) is 18.0. The monoisotopic (exact) mass is 374 g/mol. The van der Waals surface area contributed by atoms with Crippen LogP contribution in [0.1, 0.15) is 39.6 Å². The summed E-state index contributed by atoms with van der Waals surface area (Å²) in [7, 11) is 0. The molecule has 0 radical (unpaired) electrons. The van der Waals surface area contributed by atoms with Crippen molar-refractivity contribution in [3.05, 3.63) is 65.0 Å². The molecule has 0 unspecified atom stereocenters. The highest BCUT2D eigenvalue weighted by molar-refractivity contribution is 5.95. The van der Waals surface area contributed by atoms with Gasteiger partial charge in [0.1, 0.15) is 11.6 Å². The molecule has 2 aromatic heterocycles. The summed E-state index contributed by atoms with van der Waals surface area (Å²) in [4.78, 5) is 30.1. The van der Waals surface area contributed by atoms with Crippen molar-refractivity contribution in [3.8, 4) is 11.3 Å². The molecule has 0 fully saturated rings. The van der Waals surface area contributed by atoms with E-state index < -0.39 is 0 Å². The van der Waals surface area contributed by atoms with Gasteiger partial charge >= 0.3 is 0 Å². The molecule has 0 saturated carbocycles. The lowest BCUT2D eigenvalue weighted by Gasteiger charge is -2.09. The number of aryl methyl sites for hydroxylation is 2. The number of carbonyl (C=O) groups excluding carboxylic acids is 1. The average molecular weight is 374 g/mol. The number of carbonyl (C=O) groups is 1. The summed E-state index contributed by atoms with van der Waals surface area (Å²) < 4.78 is 0. The van der Waals surface area contributed by atoms with E-state index in [2.05, 4.69) is 25.3 Å². The SMILES string of the molecule is Cc1nc(CCNC(=O)c2cccc(-c3cncc(N)n3)c2)nc2c1CCC2. The van der Waals surface area contributed by atoms with Gasteiger partial charge in [-0.05, 0) is 43.9 Å². The molecule has 0 bridgehead atoms. The molecular formula is C21H22N6O. The van der Waals surface area contributed by atoms with Crippen molar-refractivity contribution in [1.29, 1.82) is 0 Å². The number of fused-ring (bicyclic) bond motifs is 1.